The van der Waals surface area contributed by atoms with Gasteiger partial charge in [0.05, 0.1) is 4.92 Å². The van der Waals surface area contributed by atoms with Gasteiger partial charge in [-0.3, -0.25) is 19.6 Å². The Labute approximate surface area is 131 Å². The fourth-order valence-corrected chi connectivity index (χ4v) is 2.58. The van der Waals surface area contributed by atoms with E-state index < -0.39 is 4.92 Å². The van der Waals surface area contributed by atoms with Gasteiger partial charge >= 0.3 is 17.5 Å². The van der Waals surface area contributed by atoms with Crippen LogP contribution in [-0.2, 0) is 6.54 Å². The Bertz CT molecular complexity index is 703. The van der Waals surface area contributed by atoms with Crippen LogP contribution in [0, 0.1) is 10.1 Å². The van der Waals surface area contributed by atoms with Gasteiger partial charge < -0.3 is 9.84 Å². The molecule has 1 aliphatic carbocycles. The van der Waals surface area contributed by atoms with Crippen LogP contribution in [0.2, 0.25) is 0 Å². The molecule has 10 heteroatoms. The third-order valence-corrected chi connectivity index (χ3v) is 3.74. The first kappa shape index (κ1) is 15.1. The number of nitrogens with zero attached hydrogens (tertiary/aromatic N) is 5. The molecule has 0 atom stereocenters. The Morgan fingerprint density at radius 1 is 1.43 bits per heavy atom. The number of carbonyl (C=O) groups is 1. The van der Waals surface area contributed by atoms with Crippen molar-refractivity contribution in [1.82, 2.24) is 25.2 Å². The van der Waals surface area contributed by atoms with Crippen molar-refractivity contribution in [3.05, 3.63) is 34.2 Å². The molecule has 0 saturated heterocycles. The fraction of sp³-hybridized carbons (Fsp3) is 0.538. The highest BCUT2D eigenvalue weighted by Crippen LogP contribution is 2.17. The van der Waals surface area contributed by atoms with Gasteiger partial charge in [0, 0.05) is 6.04 Å². The Morgan fingerprint density at radius 2 is 2.22 bits per heavy atom. The normalized spacial score (nSPS) is 15.5. The van der Waals surface area contributed by atoms with E-state index in [9.17, 15) is 14.9 Å². The second-order valence-electron chi connectivity index (χ2n) is 5.48. The van der Waals surface area contributed by atoms with Crippen LogP contribution < -0.4 is 5.32 Å². The van der Waals surface area contributed by atoms with E-state index in [4.69, 9.17) is 4.52 Å². The molecule has 0 bridgehead atoms. The zero-order valence-corrected chi connectivity index (χ0v) is 12.3. The molecular formula is C13H16N6O4. The first-order chi connectivity index (χ1) is 11.1. The van der Waals surface area contributed by atoms with Crippen LogP contribution in [0.3, 0.4) is 0 Å². The molecule has 0 unspecified atom stereocenters. The molecule has 0 spiro atoms. The second-order valence-corrected chi connectivity index (χ2v) is 5.48. The van der Waals surface area contributed by atoms with E-state index in [0.29, 0.717) is 0 Å². The summed E-state index contributed by atoms with van der Waals surface area (Å²) in [6, 6.07) is 0.153. The van der Waals surface area contributed by atoms with E-state index in [1.54, 1.807) is 0 Å². The number of aromatic nitrogens is 4. The molecule has 1 saturated carbocycles. The molecule has 0 radical (unpaired) electrons. The van der Waals surface area contributed by atoms with Crippen LogP contribution in [-0.4, -0.2) is 36.8 Å². The Morgan fingerprint density at radius 3 is 2.91 bits per heavy atom. The van der Waals surface area contributed by atoms with Crippen molar-refractivity contribution in [1.29, 1.82) is 0 Å². The number of amides is 1. The summed E-state index contributed by atoms with van der Waals surface area (Å²) in [5.41, 5.74) is -0.122. The minimum atomic E-state index is -0.539. The predicted molar refractivity (Wildman–Crippen MR) is 76.6 cm³/mol. The van der Waals surface area contributed by atoms with Gasteiger partial charge in [0.15, 0.2) is 5.82 Å². The topological polar surface area (TPSA) is 129 Å². The average Bonchev–Trinajstić information content (AvgIpc) is 3.18. The number of hydrogen-bond acceptors (Lipinski definition) is 7. The molecule has 1 fully saturated rings. The molecule has 23 heavy (non-hydrogen) atoms. The van der Waals surface area contributed by atoms with Gasteiger partial charge in [-0.05, 0) is 12.8 Å². The van der Waals surface area contributed by atoms with Gasteiger partial charge in [0.25, 0.3) is 0 Å². The van der Waals surface area contributed by atoms with E-state index in [-0.39, 0.29) is 35.9 Å². The largest absolute Gasteiger partial charge is 0.345 e. The number of nitro groups is 1. The second kappa shape index (κ2) is 6.55. The molecule has 2 heterocycles. The van der Waals surface area contributed by atoms with Crippen molar-refractivity contribution in [2.75, 3.05) is 0 Å². The molecule has 3 rings (SSSR count). The van der Waals surface area contributed by atoms with Gasteiger partial charge in [-0.2, -0.15) is 10.1 Å². The first-order valence-corrected chi connectivity index (χ1v) is 7.42. The average molecular weight is 320 g/mol. The van der Waals surface area contributed by atoms with Crippen LogP contribution in [0.1, 0.15) is 48.6 Å². The van der Waals surface area contributed by atoms with Crippen LogP contribution in [0.15, 0.2) is 16.9 Å². The van der Waals surface area contributed by atoms with E-state index in [2.05, 4.69) is 20.6 Å². The standard InChI is InChI=1S/C13H16N6O4/c20-12(15-9-4-2-1-3-5-9)13-16-11(17-23-13)8-18-7-10(6-14-18)19(21)22/h6-7,9H,1-5,8H2,(H,15,20). The summed E-state index contributed by atoms with van der Waals surface area (Å²) in [6.07, 6.45) is 7.74. The van der Waals surface area contributed by atoms with E-state index in [0.717, 1.165) is 31.9 Å². The molecule has 10 nitrogen and oxygen atoms in total. The lowest BCUT2D eigenvalue weighted by Gasteiger charge is -2.21. The smallest absolute Gasteiger partial charge is 0.316 e. The zero-order chi connectivity index (χ0) is 16.2. The summed E-state index contributed by atoms with van der Waals surface area (Å²) in [4.78, 5) is 26.1. The maximum Gasteiger partial charge on any atom is 0.316 e. The molecule has 2 aromatic heterocycles. The lowest BCUT2D eigenvalue weighted by atomic mass is 9.95. The molecule has 0 aromatic carbocycles. The monoisotopic (exact) mass is 320 g/mol. The number of hydrogen-bond donors (Lipinski definition) is 1. The van der Waals surface area contributed by atoms with Crippen molar-refractivity contribution in [2.45, 2.75) is 44.7 Å². The van der Waals surface area contributed by atoms with Crippen molar-refractivity contribution < 1.29 is 14.2 Å². The first-order valence-electron chi connectivity index (χ1n) is 7.42. The van der Waals surface area contributed by atoms with E-state index >= 15 is 0 Å². The minimum Gasteiger partial charge on any atom is -0.345 e. The van der Waals surface area contributed by atoms with Crippen LogP contribution in [0.5, 0.6) is 0 Å². The maximum absolute atomic E-state index is 12.1. The van der Waals surface area contributed by atoms with Gasteiger partial charge in [-0.15, -0.1) is 0 Å². The molecule has 1 N–H and O–H groups in total. The van der Waals surface area contributed by atoms with Crippen molar-refractivity contribution in [3.63, 3.8) is 0 Å². The summed E-state index contributed by atoms with van der Waals surface area (Å²) in [5.74, 6) is -0.258. The molecular weight excluding hydrogens is 304 g/mol. The van der Waals surface area contributed by atoms with Crippen LogP contribution in [0.25, 0.3) is 0 Å². The van der Waals surface area contributed by atoms with Crippen LogP contribution >= 0.6 is 0 Å². The SMILES string of the molecule is O=C(NC1CCCCC1)c1nc(Cn2cc([N+](=O)[O-])cn2)no1. The molecule has 0 aliphatic heterocycles. The van der Waals surface area contributed by atoms with Gasteiger partial charge in [0.2, 0.25) is 0 Å². The third kappa shape index (κ3) is 3.71. The fourth-order valence-electron chi connectivity index (χ4n) is 2.58. The van der Waals surface area contributed by atoms with Crippen molar-refractivity contribution in [3.8, 4) is 0 Å². The molecule has 1 aliphatic rings. The highest BCUT2D eigenvalue weighted by atomic mass is 16.6. The molecule has 122 valence electrons. The zero-order valence-electron chi connectivity index (χ0n) is 12.3. The van der Waals surface area contributed by atoms with Crippen molar-refractivity contribution >= 4 is 11.6 Å². The van der Waals surface area contributed by atoms with E-state index in [1.807, 2.05) is 0 Å². The lowest BCUT2D eigenvalue weighted by Crippen LogP contribution is -2.36. The third-order valence-electron chi connectivity index (χ3n) is 3.74. The summed E-state index contributed by atoms with van der Waals surface area (Å²) in [7, 11) is 0. The maximum atomic E-state index is 12.1. The van der Waals surface area contributed by atoms with Crippen molar-refractivity contribution in [2.24, 2.45) is 0 Å². The molecule has 1 amide bonds. The predicted octanol–water partition coefficient (Wildman–Crippen LogP) is 1.29. The quantitative estimate of drug-likeness (QED) is 0.649. The number of carbonyl (C=O) groups excluding carboxylic acids is 1. The van der Waals surface area contributed by atoms with Gasteiger partial charge in [0.1, 0.15) is 18.9 Å². The number of rotatable bonds is 5. The lowest BCUT2D eigenvalue weighted by molar-refractivity contribution is -0.385. The summed E-state index contributed by atoms with van der Waals surface area (Å²) >= 11 is 0. The highest BCUT2D eigenvalue weighted by molar-refractivity contribution is 5.89. The summed E-state index contributed by atoms with van der Waals surface area (Å²) in [6.45, 7) is 0.0913. The summed E-state index contributed by atoms with van der Waals surface area (Å²) in [5, 5.41) is 21.0. The number of nitrogens with one attached hydrogen (secondary N) is 1. The minimum absolute atomic E-state index is 0.0913. The van der Waals surface area contributed by atoms with Gasteiger partial charge in [-0.25, -0.2) is 0 Å². The Kier molecular flexibility index (Phi) is 4.31. The molecule has 2 aromatic rings. The Balaban J connectivity index is 1.60. The van der Waals surface area contributed by atoms with Crippen LogP contribution in [0.4, 0.5) is 5.69 Å². The van der Waals surface area contributed by atoms with Gasteiger partial charge in [-0.1, -0.05) is 24.4 Å². The highest BCUT2D eigenvalue weighted by Gasteiger charge is 2.21. The van der Waals surface area contributed by atoms with E-state index in [1.165, 1.54) is 17.3 Å². The summed E-state index contributed by atoms with van der Waals surface area (Å²) < 4.78 is 6.26. The Hall–Kier alpha value is -2.78.